The third kappa shape index (κ3) is 4.85. The van der Waals surface area contributed by atoms with Crippen molar-refractivity contribution in [2.75, 3.05) is 26.3 Å². The first-order chi connectivity index (χ1) is 16.5. The summed E-state index contributed by atoms with van der Waals surface area (Å²) in [4.78, 5) is 31.4. The molecule has 1 saturated carbocycles. The topological polar surface area (TPSA) is 81.6 Å². The minimum absolute atomic E-state index is 0.0499. The van der Waals surface area contributed by atoms with Crippen LogP contribution < -0.4 is 4.74 Å². The second-order valence-corrected chi connectivity index (χ2v) is 9.33. The molecule has 176 valence electrons. The number of ether oxygens (including phenoxy) is 2. The second-order valence-electron chi connectivity index (χ2n) is 8.49. The minimum Gasteiger partial charge on any atom is -0.484 e. The number of rotatable bonds is 7. The van der Waals surface area contributed by atoms with E-state index in [0.29, 0.717) is 49.0 Å². The highest BCUT2D eigenvalue weighted by Crippen LogP contribution is 2.33. The third-order valence-electron chi connectivity index (χ3n) is 5.97. The van der Waals surface area contributed by atoms with E-state index in [1.54, 1.807) is 29.3 Å². The van der Waals surface area contributed by atoms with E-state index < -0.39 is 5.82 Å². The van der Waals surface area contributed by atoms with Crippen LogP contribution in [-0.4, -0.2) is 52.3 Å². The van der Waals surface area contributed by atoms with E-state index in [2.05, 4.69) is 9.36 Å². The van der Waals surface area contributed by atoms with Crippen molar-refractivity contribution in [3.8, 4) is 17.0 Å². The van der Waals surface area contributed by atoms with Crippen molar-refractivity contribution < 1.29 is 23.5 Å². The summed E-state index contributed by atoms with van der Waals surface area (Å²) < 4.78 is 30.4. The molecule has 0 N–H and O–H groups in total. The van der Waals surface area contributed by atoms with Crippen LogP contribution in [0.2, 0.25) is 0 Å². The summed E-state index contributed by atoms with van der Waals surface area (Å²) in [6.45, 7) is 3.74. The fourth-order valence-electron chi connectivity index (χ4n) is 3.81. The van der Waals surface area contributed by atoms with Gasteiger partial charge in [-0.05, 0) is 61.6 Å². The lowest BCUT2D eigenvalue weighted by Crippen LogP contribution is -2.41. The van der Waals surface area contributed by atoms with Crippen molar-refractivity contribution in [1.82, 2.24) is 14.3 Å². The monoisotopic (exact) mass is 481 g/mol. The van der Waals surface area contributed by atoms with Gasteiger partial charge in [-0.3, -0.25) is 9.59 Å². The number of halogens is 1. The number of morpholine rings is 1. The summed E-state index contributed by atoms with van der Waals surface area (Å²) >= 11 is 1.27. The molecule has 1 saturated heterocycles. The Balaban J connectivity index is 1.25. The summed E-state index contributed by atoms with van der Waals surface area (Å²) in [5, 5.41) is 0. The standard InChI is InChI=1S/C25H24FN3O4S/c1-15(33-18-5-7-21(27-14-18)24(30)16-2-3-16)23-13-22(28-34-23)17-4-6-19(20(26)12-17)25(31)29-8-10-32-11-9-29/h4-7,12-16H,2-3,8-11H2,1H3/t15-/m1/s1. The van der Waals surface area contributed by atoms with Crippen LogP contribution in [0.4, 0.5) is 4.39 Å². The highest BCUT2D eigenvalue weighted by atomic mass is 32.1. The van der Waals surface area contributed by atoms with Crippen molar-refractivity contribution >= 4 is 23.2 Å². The van der Waals surface area contributed by atoms with Crippen LogP contribution in [0.1, 0.15) is 51.6 Å². The van der Waals surface area contributed by atoms with Gasteiger partial charge in [0.15, 0.2) is 5.78 Å². The molecule has 5 rings (SSSR count). The fourth-order valence-corrected chi connectivity index (χ4v) is 4.54. The molecule has 1 aliphatic heterocycles. The number of ketones is 1. The van der Waals surface area contributed by atoms with Gasteiger partial charge < -0.3 is 14.4 Å². The Morgan fingerprint density at radius 1 is 1.18 bits per heavy atom. The molecule has 3 aromatic rings. The highest BCUT2D eigenvalue weighted by molar-refractivity contribution is 7.06. The molecule has 7 nitrogen and oxygen atoms in total. The van der Waals surface area contributed by atoms with Gasteiger partial charge in [0.1, 0.15) is 23.4 Å². The first kappa shape index (κ1) is 22.6. The quantitative estimate of drug-likeness (QED) is 0.461. The molecule has 2 aromatic heterocycles. The molecule has 0 bridgehead atoms. The molecule has 0 radical (unpaired) electrons. The zero-order chi connectivity index (χ0) is 23.7. The lowest BCUT2D eigenvalue weighted by molar-refractivity contribution is 0.0300. The summed E-state index contributed by atoms with van der Waals surface area (Å²) in [6, 6.07) is 9.87. The molecule has 1 aliphatic carbocycles. The molecule has 0 spiro atoms. The smallest absolute Gasteiger partial charge is 0.256 e. The van der Waals surface area contributed by atoms with E-state index in [4.69, 9.17) is 9.47 Å². The molecule has 1 aromatic carbocycles. The fraction of sp³-hybridized carbons (Fsp3) is 0.360. The Morgan fingerprint density at radius 2 is 1.97 bits per heavy atom. The van der Waals surface area contributed by atoms with Crippen LogP contribution >= 0.6 is 11.5 Å². The molecule has 2 aliphatic rings. The van der Waals surface area contributed by atoms with Gasteiger partial charge in [-0.2, -0.15) is 4.37 Å². The number of pyridine rings is 1. The first-order valence-electron chi connectivity index (χ1n) is 11.3. The lowest BCUT2D eigenvalue weighted by Gasteiger charge is -2.27. The summed E-state index contributed by atoms with van der Waals surface area (Å²) in [5.41, 5.74) is 1.73. The molecule has 1 atom stereocenters. The number of Topliss-reactive ketones (excluding diaryl/α,β-unsaturated/α-hetero) is 1. The van der Waals surface area contributed by atoms with Gasteiger partial charge in [0.05, 0.1) is 35.5 Å². The Morgan fingerprint density at radius 3 is 2.65 bits per heavy atom. The molecule has 9 heteroatoms. The zero-order valence-electron chi connectivity index (χ0n) is 18.7. The van der Waals surface area contributed by atoms with Crippen LogP contribution in [0.25, 0.3) is 11.3 Å². The van der Waals surface area contributed by atoms with Crippen molar-refractivity contribution in [3.63, 3.8) is 0 Å². The minimum atomic E-state index is -0.570. The molecule has 34 heavy (non-hydrogen) atoms. The summed E-state index contributed by atoms with van der Waals surface area (Å²) in [6.07, 6.45) is 3.15. The Hall–Kier alpha value is -3.17. The normalized spacial score (nSPS) is 16.8. The number of amides is 1. The molecule has 1 amide bonds. The van der Waals surface area contributed by atoms with Crippen LogP contribution in [0.5, 0.6) is 5.75 Å². The molecule has 3 heterocycles. The van der Waals surface area contributed by atoms with Crippen LogP contribution in [0, 0.1) is 11.7 Å². The van der Waals surface area contributed by atoms with Gasteiger partial charge in [0.25, 0.3) is 5.91 Å². The maximum absolute atomic E-state index is 14.8. The number of nitrogens with zero attached hydrogens (tertiary/aromatic N) is 3. The number of hydrogen-bond donors (Lipinski definition) is 0. The van der Waals surface area contributed by atoms with Gasteiger partial charge >= 0.3 is 0 Å². The van der Waals surface area contributed by atoms with E-state index in [0.717, 1.165) is 17.7 Å². The van der Waals surface area contributed by atoms with Gasteiger partial charge in [-0.25, -0.2) is 9.37 Å². The Labute approximate surface area is 200 Å². The third-order valence-corrected chi connectivity index (χ3v) is 6.92. The predicted molar refractivity (Wildman–Crippen MR) is 125 cm³/mol. The summed E-state index contributed by atoms with van der Waals surface area (Å²) in [5.74, 6) is -0.111. The second kappa shape index (κ2) is 9.60. The SMILES string of the molecule is C[C@@H](Oc1ccc(C(=O)C2CC2)nc1)c1cc(-c2ccc(C(=O)N3CCOCC3)c(F)c2)ns1. The van der Waals surface area contributed by atoms with Gasteiger partial charge in [-0.15, -0.1) is 0 Å². The lowest BCUT2D eigenvalue weighted by atomic mass is 10.1. The van der Waals surface area contributed by atoms with Crippen molar-refractivity contribution in [2.24, 2.45) is 5.92 Å². The van der Waals surface area contributed by atoms with Gasteiger partial charge in [0, 0.05) is 24.6 Å². The number of hydrogen-bond acceptors (Lipinski definition) is 7. The van der Waals surface area contributed by atoms with E-state index in [9.17, 15) is 14.0 Å². The van der Waals surface area contributed by atoms with Crippen LogP contribution in [0.15, 0.2) is 42.6 Å². The number of aromatic nitrogens is 2. The molecule has 2 fully saturated rings. The molecular formula is C25H24FN3O4S. The average molecular weight is 482 g/mol. The first-order valence-corrected chi connectivity index (χ1v) is 12.1. The number of carbonyl (C=O) groups excluding carboxylic acids is 2. The van der Waals surface area contributed by atoms with Crippen molar-refractivity contribution in [3.05, 3.63) is 64.5 Å². The highest BCUT2D eigenvalue weighted by Gasteiger charge is 2.31. The predicted octanol–water partition coefficient (Wildman–Crippen LogP) is 4.55. The van der Waals surface area contributed by atoms with E-state index in [1.807, 2.05) is 13.0 Å². The summed E-state index contributed by atoms with van der Waals surface area (Å²) in [7, 11) is 0. The van der Waals surface area contributed by atoms with Crippen LogP contribution in [-0.2, 0) is 4.74 Å². The number of carbonyl (C=O) groups is 2. The van der Waals surface area contributed by atoms with E-state index >= 15 is 0 Å². The zero-order valence-corrected chi connectivity index (χ0v) is 19.5. The molecule has 0 unspecified atom stereocenters. The van der Waals surface area contributed by atoms with Crippen molar-refractivity contribution in [2.45, 2.75) is 25.9 Å². The van der Waals surface area contributed by atoms with Gasteiger partial charge in [0.2, 0.25) is 0 Å². The molecular weight excluding hydrogens is 457 g/mol. The Kier molecular flexibility index (Phi) is 6.38. The average Bonchev–Trinajstić information content (AvgIpc) is 3.60. The van der Waals surface area contributed by atoms with Crippen molar-refractivity contribution in [1.29, 1.82) is 0 Å². The Bertz CT molecular complexity index is 1200. The van der Waals surface area contributed by atoms with E-state index in [1.165, 1.54) is 23.7 Å². The largest absolute Gasteiger partial charge is 0.484 e. The maximum Gasteiger partial charge on any atom is 0.256 e. The van der Waals surface area contributed by atoms with Gasteiger partial charge in [-0.1, -0.05) is 6.07 Å². The van der Waals surface area contributed by atoms with E-state index in [-0.39, 0.29) is 29.3 Å². The number of benzene rings is 1. The van der Waals surface area contributed by atoms with Crippen LogP contribution in [0.3, 0.4) is 0 Å². The maximum atomic E-state index is 14.8.